The SMILES string of the molecule is Cc1cc(-c2ccccc2C)nc(C(O)CN)n1. The first-order chi connectivity index (χ1) is 8.61. The molecule has 0 bridgehead atoms. The third-order valence-corrected chi connectivity index (χ3v) is 2.81. The highest BCUT2D eigenvalue weighted by Crippen LogP contribution is 2.22. The largest absolute Gasteiger partial charge is 0.384 e. The number of nitrogens with zero attached hydrogens (tertiary/aromatic N) is 2. The fourth-order valence-corrected chi connectivity index (χ4v) is 1.84. The van der Waals surface area contributed by atoms with Gasteiger partial charge < -0.3 is 10.8 Å². The lowest BCUT2D eigenvalue weighted by Gasteiger charge is -2.11. The van der Waals surface area contributed by atoms with Crippen molar-refractivity contribution in [3.05, 3.63) is 47.4 Å². The van der Waals surface area contributed by atoms with Crippen LogP contribution in [0.25, 0.3) is 11.3 Å². The van der Waals surface area contributed by atoms with E-state index in [-0.39, 0.29) is 6.54 Å². The minimum atomic E-state index is -0.812. The van der Waals surface area contributed by atoms with Gasteiger partial charge in [0.15, 0.2) is 5.82 Å². The molecule has 1 heterocycles. The Kier molecular flexibility index (Phi) is 3.69. The molecule has 1 unspecified atom stereocenters. The van der Waals surface area contributed by atoms with Gasteiger partial charge in [0, 0.05) is 17.8 Å². The first-order valence-electron chi connectivity index (χ1n) is 5.91. The summed E-state index contributed by atoms with van der Waals surface area (Å²) in [5.74, 6) is 0.385. The lowest BCUT2D eigenvalue weighted by atomic mass is 10.1. The molecule has 0 fully saturated rings. The van der Waals surface area contributed by atoms with Gasteiger partial charge in [-0.2, -0.15) is 0 Å². The third-order valence-electron chi connectivity index (χ3n) is 2.81. The predicted molar refractivity (Wildman–Crippen MR) is 71.0 cm³/mol. The van der Waals surface area contributed by atoms with Crippen molar-refractivity contribution in [3.63, 3.8) is 0 Å². The average molecular weight is 243 g/mol. The molecule has 0 aliphatic carbocycles. The molecular formula is C14H17N3O. The molecule has 18 heavy (non-hydrogen) atoms. The van der Waals surface area contributed by atoms with Crippen LogP contribution in [0, 0.1) is 13.8 Å². The number of aromatic nitrogens is 2. The zero-order valence-corrected chi connectivity index (χ0v) is 10.6. The molecule has 0 saturated carbocycles. The topological polar surface area (TPSA) is 72.0 Å². The Morgan fingerprint density at radius 1 is 1.22 bits per heavy atom. The van der Waals surface area contributed by atoms with Crippen LogP contribution in [0.15, 0.2) is 30.3 Å². The Bertz CT molecular complexity index is 554. The summed E-state index contributed by atoms with van der Waals surface area (Å²) >= 11 is 0. The second-order valence-electron chi connectivity index (χ2n) is 4.32. The van der Waals surface area contributed by atoms with E-state index in [0.717, 1.165) is 22.5 Å². The summed E-state index contributed by atoms with van der Waals surface area (Å²) in [6.07, 6.45) is -0.812. The highest BCUT2D eigenvalue weighted by Gasteiger charge is 2.12. The molecule has 1 atom stereocenters. The summed E-state index contributed by atoms with van der Waals surface area (Å²) in [5, 5.41) is 9.74. The maximum absolute atomic E-state index is 9.74. The smallest absolute Gasteiger partial charge is 0.159 e. The molecule has 94 valence electrons. The average Bonchev–Trinajstić information content (AvgIpc) is 2.37. The number of nitrogens with two attached hydrogens (primary N) is 1. The van der Waals surface area contributed by atoms with Crippen molar-refractivity contribution in [1.82, 2.24) is 9.97 Å². The van der Waals surface area contributed by atoms with E-state index in [1.54, 1.807) is 0 Å². The summed E-state index contributed by atoms with van der Waals surface area (Å²) in [6, 6.07) is 9.91. The fourth-order valence-electron chi connectivity index (χ4n) is 1.84. The number of aliphatic hydroxyl groups is 1. The van der Waals surface area contributed by atoms with E-state index < -0.39 is 6.10 Å². The van der Waals surface area contributed by atoms with Gasteiger partial charge in [-0.15, -0.1) is 0 Å². The number of hydrogen-bond donors (Lipinski definition) is 2. The van der Waals surface area contributed by atoms with Gasteiger partial charge in [0.1, 0.15) is 6.10 Å². The molecule has 2 aromatic rings. The third kappa shape index (κ3) is 2.55. The van der Waals surface area contributed by atoms with Gasteiger partial charge in [0.05, 0.1) is 5.69 Å². The molecule has 3 N–H and O–H groups in total. The standard InChI is InChI=1S/C14H17N3O/c1-9-5-3-4-6-11(9)12-7-10(2)16-14(17-12)13(18)8-15/h3-7,13,18H,8,15H2,1-2H3. The van der Waals surface area contributed by atoms with Crippen molar-refractivity contribution in [2.75, 3.05) is 6.54 Å². The maximum Gasteiger partial charge on any atom is 0.159 e. The first kappa shape index (κ1) is 12.7. The van der Waals surface area contributed by atoms with E-state index in [2.05, 4.69) is 9.97 Å². The second-order valence-corrected chi connectivity index (χ2v) is 4.32. The monoisotopic (exact) mass is 243 g/mol. The highest BCUT2D eigenvalue weighted by atomic mass is 16.3. The zero-order valence-electron chi connectivity index (χ0n) is 10.6. The lowest BCUT2D eigenvalue weighted by Crippen LogP contribution is -2.15. The van der Waals surface area contributed by atoms with Crippen LogP contribution in [0.3, 0.4) is 0 Å². The maximum atomic E-state index is 9.74. The van der Waals surface area contributed by atoms with Crippen LogP contribution < -0.4 is 5.73 Å². The summed E-state index contributed by atoms with van der Waals surface area (Å²) < 4.78 is 0. The fraction of sp³-hybridized carbons (Fsp3) is 0.286. The molecule has 0 saturated heterocycles. The van der Waals surface area contributed by atoms with Crippen LogP contribution in [0.2, 0.25) is 0 Å². The quantitative estimate of drug-likeness (QED) is 0.861. The van der Waals surface area contributed by atoms with Crippen LogP contribution in [0.4, 0.5) is 0 Å². The number of rotatable bonds is 3. The molecule has 0 amide bonds. The Hall–Kier alpha value is -1.78. The molecule has 1 aromatic carbocycles. The number of aliphatic hydroxyl groups excluding tert-OH is 1. The Morgan fingerprint density at radius 2 is 1.94 bits per heavy atom. The summed E-state index contributed by atoms with van der Waals surface area (Å²) in [6.45, 7) is 4.04. The van der Waals surface area contributed by atoms with Crippen molar-refractivity contribution in [3.8, 4) is 11.3 Å². The Labute approximate surface area is 107 Å². The van der Waals surface area contributed by atoms with Gasteiger partial charge in [0.25, 0.3) is 0 Å². The van der Waals surface area contributed by atoms with Crippen LogP contribution in [-0.2, 0) is 0 Å². The van der Waals surface area contributed by atoms with E-state index in [0.29, 0.717) is 5.82 Å². The molecule has 0 aliphatic rings. The van der Waals surface area contributed by atoms with Crippen molar-refractivity contribution in [2.45, 2.75) is 20.0 Å². The summed E-state index contributed by atoms with van der Waals surface area (Å²) in [7, 11) is 0. The number of benzene rings is 1. The van der Waals surface area contributed by atoms with Crippen LogP contribution in [-0.4, -0.2) is 21.6 Å². The van der Waals surface area contributed by atoms with Gasteiger partial charge in [0.2, 0.25) is 0 Å². The van der Waals surface area contributed by atoms with E-state index >= 15 is 0 Å². The van der Waals surface area contributed by atoms with E-state index in [4.69, 9.17) is 5.73 Å². The Balaban J connectivity index is 2.52. The summed E-state index contributed by atoms with van der Waals surface area (Å²) in [5.41, 5.74) is 9.28. The minimum absolute atomic E-state index is 0.122. The lowest BCUT2D eigenvalue weighted by molar-refractivity contribution is 0.176. The van der Waals surface area contributed by atoms with Crippen molar-refractivity contribution < 1.29 is 5.11 Å². The predicted octanol–water partition coefficient (Wildman–Crippen LogP) is 1.75. The molecule has 4 nitrogen and oxygen atoms in total. The minimum Gasteiger partial charge on any atom is -0.384 e. The van der Waals surface area contributed by atoms with Gasteiger partial charge in [-0.3, -0.25) is 0 Å². The van der Waals surface area contributed by atoms with Crippen molar-refractivity contribution >= 4 is 0 Å². The number of aryl methyl sites for hydroxylation is 2. The van der Waals surface area contributed by atoms with E-state index in [1.807, 2.05) is 44.2 Å². The molecule has 0 aliphatic heterocycles. The number of hydrogen-bond acceptors (Lipinski definition) is 4. The molecule has 2 rings (SSSR count). The normalized spacial score (nSPS) is 12.4. The van der Waals surface area contributed by atoms with Crippen molar-refractivity contribution in [1.29, 1.82) is 0 Å². The molecule has 0 spiro atoms. The Morgan fingerprint density at radius 3 is 2.61 bits per heavy atom. The molecule has 1 aromatic heterocycles. The molecular weight excluding hydrogens is 226 g/mol. The van der Waals surface area contributed by atoms with E-state index in [1.165, 1.54) is 0 Å². The molecule has 4 heteroatoms. The van der Waals surface area contributed by atoms with Gasteiger partial charge in [-0.05, 0) is 25.5 Å². The van der Waals surface area contributed by atoms with E-state index in [9.17, 15) is 5.11 Å². The summed E-state index contributed by atoms with van der Waals surface area (Å²) in [4.78, 5) is 8.61. The second kappa shape index (κ2) is 5.25. The van der Waals surface area contributed by atoms with Gasteiger partial charge >= 0.3 is 0 Å². The molecule has 0 radical (unpaired) electrons. The van der Waals surface area contributed by atoms with Crippen molar-refractivity contribution in [2.24, 2.45) is 5.73 Å². The van der Waals surface area contributed by atoms with Gasteiger partial charge in [-0.1, -0.05) is 24.3 Å². The first-order valence-corrected chi connectivity index (χ1v) is 5.91. The van der Waals surface area contributed by atoms with Crippen LogP contribution >= 0.6 is 0 Å². The van der Waals surface area contributed by atoms with Crippen LogP contribution in [0.1, 0.15) is 23.2 Å². The highest BCUT2D eigenvalue weighted by molar-refractivity contribution is 5.63. The zero-order chi connectivity index (χ0) is 13.1. The van der Waals surface area contributed by atoms with Crippen LogP contribution in [0.5, 0.6) is 0 Å². The van der Waals surface area contributed by atoms with Gasteiger partial charge in [-0.25, -0.2) is 9.97 Å².